The first-order valence-corrected chi connectivity index (χ1v) is 8.71. The lowest BCUT2D eigenvalue weighted by atomic mass is 10.1. The maximum atomic E-state index is 6.28. The second-order valence-electron chi connectivity index (χ2n) is 5.52. The molecule has 0 atom stereocenters. The summed E-state index contributed by atoms with van der Waals surface area (Å²) in [4.78, 5) is 12.7. The Hall–Kier alpha value is -2.17. The molecule has 0 aliphatic carbocycles. The van der Waals surface area contributed by atoms with Gasteiger partial charge in [-0.25, -0.2) is 9.97 Å². The minimum atomic E-state index is 0.659. The Kier molecular flexibility index (Phi) is 4.08. The van der Waals surface area contributed by atoms with E-state index in [1.54, 1.807) is 0 Å². The van der Waals surface area contributed by atoms with Gasteiger partial charge in [-0.05, 0) is 35.9 Å². The maximum absolute atomic E-state index is 6.28. The number of benzene rings is 2. The van der Waals surface area contributed by atoms with Crippen molar-refractivity contribution in [2.45, 2.75) is 6.42 Å². The number of rotatable bonds is 3. The van der Waals surface area contributed by atoms with Gasteiger partial charge in [-0.3, -0.25) is 0 Å². The predicted molar refractivity (Wildman–Crippen MR) is 100 cm³/mol. The van der Waals surface area contributed by atoms with Gasteiger partial charge in [0.1, 0.15) is 5.69 Å². The first-order valence-electron chi connectivity index (χ1n) is 7.54. The zero-order chi connectivity index (χ0) is 16.5. The third-order valence-corrected chi connectivity index (χ3v) is 4.74. The van der Waals surface area contributed by atoms with Gasteiger partial charge in [0.25, 0.3) is 0 Å². The molecule has 0 unspecified atom stereocenters. The van der Waals surface area contributed by atoms with Crippen LogP contribution in [-0.4, -0.2) is 15.0 Å². The molecular formula is C19H13BrClN3. The minimum Gasteiger partial charge on any atom is -0.363 e. The Morgan fingerprint density at radius 1 is 0.958 bits per heavy atom. The van der Waals surface area contributed by atoms with Gasteiger partial charge in [0.15, 0.2) is 5.82 Å². The van der Waals surface area contributed by atoms with Gasteiger partial charge in [-0.1, -0.05) is 51.8 Å². The van der Waals surface area contributed by atoms with Crippen LogP contribution in [0.3, 0.4) is 0 Å². The van der Waals surface area contributed by atoms with Crippen molar-refractivity contribution in [3.8, 4) is 22.8 Å². The number of fused-ring (bicyclic) bond motifs is 1. The molecule has 2 aliphatic rings. The number of nitrogens with zero attached hydrogens (tertiary/aromatic N) is 2. The molecule has 24 heavy (non-hydrogen) atoms. The molecule has 3 nitrogen and oxygen atoms in total. The third kappa shape index (κ3) is 2.95. The van der Waals surface area contributed by atoms with Gasteiger partial charge in [-0.15, -0.1) is 0 Å². The van der Waals surface area contributed by atoms with E-state index in [-0.39, 0.29) is 0 Å². The first-order chi connectivity index (χ1) is 11.7. The quantitative estimate of drug-likeness (QED) is 0.489. The van der Waals surface area contributed by atoms with E-state index in [1.165, 1.54) is 5.56 Å². The molecule has 0 fully saturated rings. The predicted octanol–water partition coefficient (Wildman–Crippen LogP) is 5.58. The van der Waals surface area contributed by atoms with Crippen LogP contribution in [0.4, 0.5) is 0 Å². The summed E-state index contributed by atoms with van der Waals surface area (Å²) in [5.74, 6) is 0.659. The zero-order valence-corrected chi connectivity index (χ0v) is 15.0. The number of aromatic nitrogens is 3. The molecule has 2 aliphatic heterocycles. The van der Waals surface area contributed by atoms with E-state index in [9.17, 15) is 0 Å². The van der Waals surface area contributed by atoms with Crippen molar-refractivity contribution in [3.05, 3.63) is 81.5 Å². The number of nitrogens with one attached hydrogen (secondary N) is 1. The molecule has 0 radical (unpaired) electrons. The van der Waals surface area contributed by atoms with Crippen molar-refractivity contribution in [2.75, 3.05) is 0 Å². The van der Waals surface area contributed by atoms with E-state index in [0.29, 0.717) is 10.8 Å². The van der Waals surface area contributed by atoms with E-state index in [0.717, 1.165) is 33.5 Å². The number of hydrogen-bond acceptors (Lipinski definition) is 2. The van der Waals surface area contributed by atoms with Crippen molar-refractivity contribution in [1.82, 2.24) is 15.0 Å². The molecule has 2 aromatic carbocycles. The number of imidazole rings is 1. The van der Waals surface area contributed by atoms with E-state index >= 15 is 0 Å². The number of hydrogen-bond donors (Lipinski definition) is 1. The van der Waals surface area contributed by atoms with Gasteiger partial charge in [0.05, 0.1) is 10.7 Å². The van der Waals surface area contributed by atoms with E-state index in [4.69, 9.17) is 16.6 Å². The van der Waals surface area contributed by atoms with Crippen LogP contribution in [0.15, 0.2) is 65.3 Å². The van der Waals surface area contributed by atoms with Crippen LogP contribution in [0.2, 0.25) is 5.02 Å². The van der Waals surface area contributed by atoms with Gasteiger partial charge < -0.3 is 4.98 Å². The largest absolute Gasteiger partial charge is 0.363 e. The van der Waals surface area contributed by atoms with Crippen LogP contribution in [0, 0.1) is 0 Å². The number of H-pyrrole nitrogens is 1. The van der Waals surface area contributed by atoms with E-state index in [1.807, 2.05) is 48.7 Å². The lowest BCUT2D eigenvalue weighted by Crippen LogP contribution is -1.96. The molecule has 5 heteroatoms. The fraction of sp³-hybridized carbons (Fsp3) is 0.0526. The Labute approximate surface area is 153 Å². The van der Waals surface area contributed by atoms with Crippen molar-refractivity contribution >= 4 is 27.5 Å². The second kappa shape index (κ2) is 6.38. The van der Waals surface area contributed by atoms with Crippen LogP contribution in [-0.2, 0) is 6.42 Å². The van der Waals surface area contributed by atoms with Crippen LogP contribution >= 0.6 is 27.5 Å². The number of halogens is 2. The highest BCUT2D eigenvalue weighted by Gasteiger charge is 2.17. The number of pyridine rings is 1. The summed E-state index contributed by atoms with van der Waals surface area (Å²) in [5.41, 5.74) is 4.86. The molecule has 118 valence electrons. The summed E-state index contributed by atoms with van der Waals surface area (Å²) in [6.07, 6.45) is 2.67. The van der Waals surface area contributed by atoms with E-state index in [2.05, 4.69) is 38.0 Å². The molecule has 0 saturated heterocycles. The van der Waals surface area contributed by atoms with Crippen LogP contribution in [0.5, 0.6) is 0 Å². The van der Waals surface area contributed by atoms with Gasteiger partial charge in [0.2, 0.25) is 0 Å². The average molecular weight is 399 g/mol. The van der Waals surface area contributed by atoms with Crippen molar-refractivity contribution in [2.24, 2.45) is 0 Å². The highest BCUT2D eigenvalue weighted by molar-refractivity contribution is 9.10. The summed E-state index contributed by atoms with van der Waals surface area (Å²) in [6, 6.07) is 17.9. The summed E-state index contributed by atoms with van der Waals surface area (Å²) >= 11 is 9.74. The van der Waals surface area contributed by atoms with Crippen LogP contribution in [0.25, 0.3) is 22.8 Å². The highest BCUT2D eigenvalue weighted by atomic mass is 79.9. The molecule has 0 bridgehead atoms. The van der Waals surface area contributed by atoms with Crippen molar-refractivity contribution in [3.63, 3.8) is 0 Å². The molecule has 2 heterocycles. The maximum Gasteiger partial charge on any atom is 0.162 e. The van der Waals surface area contributed by atoms with Crippen LogP contribution < -0.4 is 0 Å². The lowest BCUT2D eigenvalue weighted by Gasteiger charge is -2.06. The topological polar surface area (TPSA) is 41.6 Å². The molecule has 0 amide bonds. The Balaban J connectivity index is 1.76. The van der Waals surface area contributed by atoms with E-state index < -0.39 is 0 Å². The van der Waals surface area contributed by atoms with Crippen LogP contribution in [0.1, 0.15) is 11.3 Å². The highest BCUT2D eigenvalue weighted by Crippen LogP contribution is 2.31. The lowest BCUT2D eigenvalue weighted by molar-refractivity contribution is 1.06. The average Bonchev–Trinajstić information content (AvgIpc) is 3.02. The molecule has 0 saturated carbocycles. The third-order valence-electron chi connectivity index (χ3n) is 3.88. The molecule has 2 aromatic rings. The molecule has 4 rings (SSSR count). The first kappa shape index (κ1) is 15.4. The van der Waals surface area contributed by atoms with Crippen molar-refractivity contribution < 1.29 is 0 Å². The molecule has 0 aromatic heterocycles. The summed E-state index contributed by atoms with van der Waals surface area (Å²) < 4.78 is 1.07. The molecule has 1 N–H and O–H groups in total. The minimum absolute atomic E-state index is 0.659. The smallest absolute Gasteiger partial charge is 0.162 e. The Bertz CT molecular complexity index is 963. The fourth-order valence-corrected chi connectivity index (χ4v) is 3.17. The summed E-state index contributed by atoms with van der Waals surface area (Å²) in [5, 5.41) is 0.659. The molecular weight excluding hydrogens is 386 g/mol. The Morgan fingerprint density at radius 2 is 1.75 bits per heavy atom. The zero-order valence-electron chi connectivity index (χ0n) is 12.6. The monoisotopic (exact) mass is 397 g/mol. The standard InChI is InChI=1S/C19H13BrClN3/c20-13-7-5-12(6-8-13)11-17-18-16(9-10-22-17)23-19(24-18)14-3-1-2-4-15(14)21/h1-10,22H,11H2. The molecule has 0 spiro atoms. The second-order valence-corrected chi connectivity index (χ2v) is 6.84. The van der Waals surface area contributed by atoms with Gasteiger partial charge in [0, 0.05) is 28.3 Å². The fourth-order valence-electron chi connectivity index (χ4n) is 2.69. The van der Waals surface area contributed by atoms with Crippen molar-refractivity contribution in [1.29, 1.82) is 0 Å². The number of aromatic amines is 1. The van der Waals surface area contributed by atoms with Gasteiger partial charge in [-0.2, -0.15) is 0 Å². The summed E-state index contributed by atoms with van der Waals surface area (Å²) in [6.45, 7) is 0. The normalized spacial score (nSPS) is 11.1. The SMILES string of the molecule is Clc1ccccc1-c1nc2cc[nH]c(Cc3ccc(Br)cc3)c-2n1. The summed E-state index contributed by atoms with van der Waals surface area (Å²) in [7, 11) is 0. The Morgan fingerprint density at radius 3 is 2.54 bits per heavy atom. The van der Waals surface area contributed by atoms with Gasteiger partial charge >= 0.3 is 0 Å².